The summed E-state index contributed by atoms with van der Waals surface area (Å²) in [7, 11) is 0. The Labute approximate surface area is 198 Å². The van der Waals surface area contributed by atoms with Gasteiger partial charge in [0.1, 0.15) is 17.2 Å². The van der Waals surface area contributed by atoms with Crippen LogP contribution in [0.5, 0.6) is 17.2 Å². The Morgan fingerprint density at radius 1 is 0.818 bits per heavy atom. The zero-order chi connectivity index (χ0) is 24.9. The molecule has 0 amide bonds. The number of carbonyl (C=O) groups is 3. The van der Waals surface area contributed by atoms with Gasteiger partial charge in [0.2, 0.25) is 0 Å². The van der Waals surface area contributed by atoms with E-state index < -0.39 is 23.3 Å². The minimum absolute atomic E-state index is 0.209. The van der Waals surface area contributed by atoms with E-state index in [0.717, 1.165) is 0 Å². The van der Waals surface area contributed by atoms with Gasteiger partial charge in [-0.25, -0.2) is 9.59 Å². The first-order valence-electron chi connectivity index (χ1n) is 10.1. The van der Waals surface area contributed by atoms with Crippen LogP contribution in [0.25, 0.3) is 11.1 Å². The van der Waals surface area contributed by atoms with Crippen LogP contribution in [0.2, 0.25) is 0 Å². The van der Waals surface area contributed by atoms with Gasteiger partial charge >= 0.3 is 17.9 Å². The van der Waals surface area contributed by atoms with Crippen LogP contribution in [0, 0.1) is 5.41 Å². The zero-order valence-corrected chi connectivity index (χ0v) is 20.6. The highest BCUT2D eigenvalue weighted by atomic mass is 32.2. The van der Waals surface area contributed by atoms with Gasteiger partial charge in [-0.2, -0.15) is 0 Å². The quantitative estimate of drug-likeness (QED) is 0.214. The number of rotatable bonds is 7. The van der Waals surface area contributed by atoms with Gasteiger partial charge in [0.15, 0.2) is 0 Å². The van der Waals surface area contributed by atoms with Crippen molar-refractivity contribution >= 4 is 29.7 Å². The Morgan fingerprint density at radius 2 is 1.39 bits per heavy atom. The average molecular weight is 469 g/mol. The molecule has 0 N–H and O–H groups in total. The van der Waals surface area contributed by atoms with E-state index in [1.807, 2.05) is 12.3 Å². The topological polar surface area (TPSA) is 78.9 Å². The molecular formula is C26H28O6S. The maximum atomic E-state index is 12.3. The lowest BCUT2D eigenvalue weighted by Crippen LogP contribution is -2.25. The van der Waals surface area contributed by atoms with E-state index in [2.05, 4.69) is 13.2 Å². The fourth-order valence-electron chi connectivity index (χ4n) is 2.44. The molecule has 174 valence electrons. The van der Waals surface area contributed by atoms with Gasteiger partial charge in [0.25, 0.3) is 0 Å². The van der Waals surface area contributed by atoms with Crippen molar-refractivity contribution in [1.82, 2.24) is 0 Å². The third-order valence-corrected chi connectivity index (χ3v) is 5.11. The van der Waals surface area contributed by atoms with E-state index in [0.29, 0.717) is 27.3 Å². The first-order valence-corrected chi connectivity index (χ1v) is 11.4. The second-order valence-corrected chi connectivity index (χ2v) is 9.35. The van der Waals surface area contributed by atoms with Crippen LogP contribution in [-0.4, -0.2) is 24.2 Å². The lowest BCUT2D eigenvalue weighted by atomic mass is 9.97. The SMILES string of the molecule is C=C(C)C(=O)Oc1ccc(-c2ccc(OC(=O)C(C)(C)C)cc2OC(=O)C(=C)C)cc1SC. The number of hydrogen-bond donors (Lipinski definition) is 0. The minimum atomic E-state index is -0.697. The van der Waals surface area contributed by atoms with Gasteiger partial charge in [0.05, 0.1) is 10.3 Å². The predicted molar refractivity (Wildman–Crippen MR) is 130 cm³/mol. The summed E-state index contributed by atoms with van der Waals surface area (Å²) >= 11 is 1.40. The molecule has 0 atom stereocenters. The monoisotopic (exact) mass is 468 g/mol. The molecular weight excluding hydrogens is 440 g/mol. The lowest BCUT2D eigenvalue weighted by molar-refractivity contribution is -0.143. The number of thioether (sulfide) groups is 1. The van der Waals surface area contributed by atoms with Crippen LogP contribution in [0.15, 0.2) is 65.6 Å². The molecule has 0 radical (unpaired) electrons. The van der Waals surface area contributed by atoms with E-state index in [9.17, 15) is 14.4 Å². The van der Waals surface area contributed by atoms with Crippen LogP contribution >= 0.6 is 11.8 Å². The second-order valence-electron chi connectivity index (χ2n) is 8.50. The molecule has 2 aromatic carbocycles. The van der Waals surface area contributed by atoms with Crippen molar-refractivity contribution in [2.45, 2.75) is 39.5 Å². The van der Waals surface area contributed by atoms with E-state index in [4.69, 9.17) is 14.2 Å². The largest absolute Gasteiger partial charge is 0.426 e. The molecule has 2 aromatic rings. The van der Waals surface area contributed by atoms with Crippen molar-refractivity contribution in [2.75, 3.05) is 6.26 Å². The van der Waals surface area contributed by atoms with E-state index in [-0.39, 0.29) is 17.1 Å². The van der Waals surface area contributed by atoms with Crippen LogP contribution in [-0.2, 0) is 14.4 Å². The molecule has 7 heteroatoms. The first kappa shape index (κ1) is 25.9. The van der Waals surface area contributed by atoms with Crippen molar-refractivity contribution in [1.29, 1.82) is 0 Å². The summed E-state index contributed by atoms with van der Waals surface area (Å²) in [6.45, 7) is 15.6. The predicted octanol–water partition coefficient (Wildman–Crippen LogP) is 5.99. The Kier molecular flexibility index (Phi) is 8.28. The summed E-state index contributed by atoms with van der Waals surface area (Å²) in [6, 6.07) is 10.1. The van der Waals surface area contributed by atoms with E-state index >= 15 is 0 Å². The van der Waals surface area contributed by atoms with Gasteiger partial charge < -0.3 is 14.2 Å². The van der Waals surface area contributed by atoms with Crippen molar-refractivity contribution in [3.8, 4) is 28.4 Å². The number of esters is 3. The highest BCUT2D eigenvalue weighted by Gasteiger charge is 2.24. The van der Waals surface area contributed by atoms with Gasteiger partial charge in [-0.3, -0.25) is 4.79 Å². The lowest BCUT2D eigenvalue weighted by Gasteiger charge is -2.18. The minimum Gasteiger partial charge on any atom is -0.426 e. The molecule has 0 aliphatic heterocycles. The Hall–Kier alpha value is -3.32. The molecule has 0 spiro atoms. The van der Waals surface area contributed by atoms with Crippen molar-refractivity contribution in [3.05, 3.63) is 60.7 Å². The molecule has 0 saturated heterocycles. The number of ether oxygens (including phenoxy) is 3. The molecule has 0 saturated carbocycles. The normalized spacial score (nSPS) is 10.8. The van der Waals surface area contributed by atoms with Gasteiger partial charge in [-0.1, -0.05) is 19.2 Å². The van der Waals surface area contributed by atoms with Crippen LogP contribution in [0.1, 0.15) is 34.6 Å². The number of hydrogen-bond acceptors (Lipinski definition) is 7. The summed E-state index contributed by atoms with van der Waals surface area (Å²) in [4.78, 5) is 37.2. The highest BCUT2D eigenvalue weighted by Crippen LogP contribution is 2.39. The Morgan fingerprint density at radius 3 is 1.91 bits per heavy atom. The van der Waals surface area contributed by atoms with Gasteiger partial charge in [-0.05, 0) is 70.7 Å². The Balaban J connectivity index is 2.52. The van der Waals surface area contributed by atoms with E-state index in [1.165, 1.54) is 17.8 Å². The average Bonchev–Trinajstić information content (AvgIpc) is 2.73. The molecule has 0 fully saturated rings. The summed E-state index contributed by atoms with van der Waals surface area (Å²) in [6.07, 6.45) is 1.86. The summed E-state index contributed by atoms with van der Waals surface area (Å²) in [5.74, 6) is -0.677. The molecule has 2 rings (SSSR count). The van der Waals surface area contributed by atoms with Crippen molar-refractivity contribution < 1.29 is 28.6 Å². The van der Waals surface area contributed by atoms with Crippen LogP contribution < -0.4 is 14.2 Å². The van der Waals surface area contributed by atoms with Crippen LogP contribution in [0.4, 0.5) is 0 Å². The molecule has 0 aliphatic rings. The molecule has 33 heavy (non-hydrogen) atoms. The number of benzene rings is 2. The van der Waals surface area contributed by atoms with E-state index in [1.54, 1.807) is 58.9 Å². The van der Waals surface area contributed by atoms with Gasteiger partial charge in [0, 0.05) is 22.8 Å². The fourth-order valence-corrected chi connectivity index (χ4v) is 3.00. The van der Waals surface area contributed by atoms with Crippen molar-refractivity contribution in [3.63, 3.8) is 0 Å². The smallest absolute Gasteiger partial charge is 0.338 e. The third-order valence-electron chi connectivity index (χ3n) is 4.35. The zero-order valence-electron chi connectivity index (χ0n) is 19.7. The highest BCUT2D eigenvalue weighted by molar-refractivity contribution is 7.98. The molecule has 0 bridgehead atoms. The summed E-state index contributed by atoms with van der Waals surface area (Å²) in [5, 5.41) is 0. The standard InChI is InChI=1S/C26H28O6S/c1-15(2)23(27)31-20-12-9-17(13-22(20)33-8)19-11-10-18(30-25(29)26(5,6)7)14-21(19)32-24(28)16(3)4/h9-14H,1,3H2,2,4-8H3. The molecule has 0 aromatic heterocycles. The van der Waals surface area contributed by atoms with Crippen molar-refractivity contribution in [2.24, 2.45) is 5.41 Å². The molecule has 0 aliphatic carbocycles. The number of carbonyl (C=O) groups excluding carboxylic acids is 3. The second kappa shape index (κ2) is 10.5. The Bertz CT molecular complexity index is 1120. The summed E-state index contributed by atoms with van der Waals surface area (Å²) < 4.78 is 16.4. The summed E-state index contributed by atoms with van der Waals surface area (Å²) in [5.41, 5.74) is 1.13. The maximum Gasteiger partial charge on any atom is 0.338 e. The molecule has 0 unspecified atom stereocenters. The fraction of sp³-hybridized carbons (Fsp3) is 0.269. The maximum absolute atomic E-state index is 12.3. The molecule has 6 nitrogen and oxygen atoms in total. The third kappa shape index (κ3) is 6.83. The van der Waals surface area contributed by atoms with Crippen LogP contribution in [0.3, 0.4) is 0 Å². The van der Waals surface area contributed by atoms with Gasteiger partial charge in [-0.15, -0.1) is 11.8 Å². The first-order chi connectivity index (χ1) is 15.3. The molecule has 0 heterocycles.